The number of rotatable bonds is 1. The number of hydrogen-bond donors (Lipinski definition) is 2. The first-order valence-electron chi connectivity index (χ1n) is 4.20. The Bertz CT molecular complexity index is 435. The molecule has 1 aromatic carbocycles. The molecule has 0 spiro atoms. The van der Waals surface area contributed by atoms with Crippen LogP contribution in [0, 0.1) is 0 Å². The van der Waals surface area contributed by atoms with Gasteiger partial charge in [-0.15, -0.1) is 12.4 Å². The van der Waals surface area contributed by atoms with Crippen LogP contribution in [-0.4, -0.2) is 4.98 Å². The van der Waals surface area contributed by atoms with Gasteiger partial charge in [-0.05, 0) is 30.7 Å². The highest BCUT2D eigenvalue weighted by Crippen LogP contribution is 2.25. The summed E-state index contributed by atoms with van der Waals surface area (Å²) in [5, 5.41) is 1.86. The maximum absolute atomic E-state index is 5.90. The number of benzene rings is 1. The van der Waals surface area contributed by atoms with Crippen LogP contribution in [0.5, 0.6) is 0 Å². The molecule has 0 bridgehead atoms. The predicted molar refractivity (Wildman–Crippen MR) is 63.2 cm³/mol. The van der Waals surface area contributed by atoms with Gasteiger partial charge in [-0.3, -0.25) is 0 Å². The van der Waals surface area contributed by atoms with Crippen LogP contribution >= 0.6 is 24.0 Å². The molecule has 0 aliphatic rings. The van der Waals surface area contributed by atoms with E-state index in [1.807, 2.05) is 31.3 Å². The van der Waals surface area contributed by atoms with Crippen LogP contribution in [0.1, 0.15) is 18.5 Å². The molecule has 0 radical (unpaired) electrons. The minimum Gasteiger partial charge on any atom is -0.361 e. The molecule has 0 saturated carbocycles. The first kappa shape index (κ1) is 11.4. The lowest BCUT2D eigenvalue weighted by molar-refractivity contribution is 0.826. The number of H-pyrrole nitrogens is 1. The SMILES string of the molecule is CC(N)c1c[nH]c2ccc(Cl)cc12.Cl. The number of aromatic amines is 1. The fourth-order valence-electron chi connectivity index (χ4n) is 1.49. The Morgan fingerprint density at radius 3 is 2.79 bits per heavy atom. The molecule has 2 nitrogen and oxygen atoms in total. The first-order valence-corrected chi connectivity index (χ1v) is 4.58. The van der Waals surface area contributed by atoms with Crippen LogP contribution in [0.25, 0.3) is 10.9 Å². The molecule has 76 valence electrons. The molecule has 0 aliphatic heterocycles. The first-order chi connectivity index (χ1) is 6.18. The molecule has 14 heavy (non-hydrogen) atoms. The molecule has 1 unspecified atom stereocenters. The van der Waals surface area contributed by atoms with Gasteiger partial charge >= 0.3 is 0 Å². The highest BCUT2D eigenvalue weighted by molar-refractivity contribution is 6.31. The normalized spacial score (nSPS) is 12.5. The van der Waals surface area contributed by atoms with Crippen LogP contribution in [0.15, 0.2) is 24.4 Å². The third kappa shape index (κ3) is 1.87. The molecule has 1 atom stereocenters. The van der Waals surface area contributed by atoms with Gasteiger partial charge in [-0.1, -0.05) is 11.6 Å². The van der Waals surface area contributed by atoms with Crippen molar-refractivity contribution in [3.05, 3.63) is 35.0 Å². The fraction of sp³-hybridized carbons (Fsp3) is 0.200. The highest BCUT2D eigenvalue weighted by Gasteiger charge is 2.06. The van der Waals surface area contributed by atoms with Gasteiger partial charge in [0.2, 0.25) is 0 Å². The molecular weight excluding hydrogens is 219 g/mol. The Morgan fingerprint density at radius 1 is 1.43 bits per heavy atom. The summed E-state index contributed by atoms with van der Waals surface area (Å²) in [6, 6.07) is 5.80. The maximum Gasteiger partial charge on any atom is 0.0458 e. The van der Waals surface area contributed by atoms with E-state index < -0.39 is 0 Å². The number of nitrogens with one attached hydrogen (secondary N) is 1. The van der Waals surface area contributed by atoms with Crippen LogP contribution in [0.3, 0.4) is 0 Å². The van der Waals surface area contributed by atoms with Gasteiger partial charge in [-0.2, -0.15) is 0 Å². The van der Waals surface area contributed by atoms with Crippen molar-refractivity contribution in [3.63, 3.8) is 0 Å². The summed E-state index contributed by atoms with van der Waals surface area (Å²) in [4.78, 5) is 3.16. The molecule has 0 fully saturated rings. The summed E-state index contributed by atoms with van der Waals surface area (Å²) < 4.78 is 0. The molecule has 0 aliphatic carbocycles. The topological polar surface area (TPSA) is 41.8 Å². The van der Waals surface area contributed by atoms with Crippen molar-refractivity contribution in [2.75, 3.05) is 0 Å². The molecule has 3 N–H and O–H groups in total. The van der Waals surface area contributed by atoms with Gasteiger partial charge < -0.3 is 10.7 Å². The largest absolute Gasteiger partial charge is 0.361 e. The summed E-state index contributed by atoms with van der Waals surface area (Å²) in [7, 11) is 0. The Hall–Kier alpha value is -0.700. The summed E-state index contributed by atoms with van der Waals surface area (Å²) >= 11 is 5.90. The van der Waals surface area contributed by atoms with Crippen molar-refractivity contribution in [1.82, 2.24) is 4.98 Å². The average Bonchev–Trinajstić information content (AvgIpc) is 2.46. The van der Waals surface area contributed by atoms with Gasteiger partial charge in [0.1, 0.15) is 0 Å². The lowest BCUT2D eigenvalue weighted by atomic mass is 10.1. The quantitative estimate of drug-likeness (QED) is 0.777. The van der Waals surface area contributed by atoms with E-state index in [9.17, 15) is 0 Å². The van der Waals surface area contributed by atoms with E-state index >= 15 is 0 Å². The number of nitrogens with two attached hydrogens (primary N) is 1. The third-order valence-corrected chi connectivity index (χ3v) is 2.40. The summed E-state index contributed by atoms with van der Waals surface area (Å²) in [6.07, 6.45) is 1.94. The third-order valence-electron chi connectivity index (χ3n) is 2.17. The van der Waals surface area contributed by atoms with Crippen molar-refractivity contribution < 1.29 is 0 Å². The molecule has 0 amide bonds. The maximum atomic E-state index is 5.90. The minimum atomic E-state index is 0. The van der Waals surface area contributed by atoms with Gasteiger partial charge in [0.25, 0.3) is 0 Å². The summed E-state index contributed by atoms with van der Waals surface area (Å²) in [5.41, 5.74) is 8.00. The van der Waals surface area contributed by atoms with E-state index in [4.69, 9.17) is 17.3 Å². The molecule has 0 saturated heterocycles. The molecular formula is C10H12Cl2N2. The van der Waals surface area contributed by atoms with Gasteiger partial charge in [-0.25, -0.2) is 0 Å². The van der Waals surface area contributed by atoms with E-state index in [1.165, 1.54) is 0 Å². The molecule has 1 heterocycles. The van der Waals surface area contributed by atoms with Gasteiger partial charge in [0.05, 0.1) is 0 Å². The Kier molecular flexibility index (Phi) is 3.43. The zero-order chi connectivity index (χ0) is 9.42. The van der Waals surface area contributed by atoms with Gasteiger partial charge in [0.15, 0.2) is 0 Å². The average molecular weight is 231 g/mol. The second kappa shape index (κ2) is 4.22. The van der Waals surface area contributed by atoms with E-state index in [0.717, 1.165) is 21.5 Å². The minimum absolute atomic E-state index is 0. The Labute approximate surface area is 93.8 Å². The summed E-state index contributed by atoms with van der Waals surface area (Å²) in [5.74, 6) is 0. The van der Waals surface area contributed by atoms with Crippen molar-refractivity contribution in [2.24, 2.45) is 5.73 Å². The highest BCUT2D eigenvalue weighted by atomic mass is 35.5. The van der Waals surface area contributed by atoms with E-state index in [1.54, 1.807) is 0 Å². The lowest BCUT2D eigenvalue weighted by Crippen LogP contribution is -2.03. The number of aromatic nitrogens is 1. The number of halogens is 2. The summed E-state index contributed by atoms with van der Waals surface area (Å²) in [6.45, 7) is 1.96. The van der Waals surface area contributed by atoms with Crippen LogP contribution in [0.2, 0.25) is 5.02 Å². The number of hydrogen-bond acceptors (Lipinski definition) is 1. The predicted octanol–water partition coefficient (Wildman–Crippen LogP) is 3.26. The van der Waals surface area contributed by atoms with Crippen LogP contribution in [0.4, 0.5) is 0 Å². The van der Waals surface area contributed by atoms with E-state index in [-0.39, 0.29) is 18.4 Å². The molecule has 1 aromatic heterocycles. The zero-order valence-electron chi connectivity index (χ0n) is 7.75. The van der Waals surface area contributed by atoms with E-state index in [0.29, 0.717) is 0 Å². The van der Waals surface area contributed by atoms with Crippen molar-refractivity contribution >= 4 is 34.9 Å². The Balaban J connectivity index is 0.000000980. The number of fused-ring (bicyclic) bond motifs is 1. The lowest BCUT2D eigenvalue weighted by Gasteiger charge is -2.02. The molecule has 2 rings (SSSR count). The smallest absolute Gasteiger partial charge is 0.0458 e. The second-order valence-corrected chi connectivity index (χ2v) is 3.66. The zero-order valence-corrected chi connectivity index (χ0v) is 9.32. The molecule has 2 aromatic rings. The van der Waals surface area contributed by atoms with Gasteiger partial charge in [0, 0.05) is 28.2 Å². The standard InChI is InChI=1S/C10H11ClN2.ClH/c1-6(12)9-5-13-10-3-2-7(11)4-8(9)10;/h2-6,13H,12H2,1H3;1H. The fourth-order valence-corrected chi connectivity index (χ4v) is 1.66. The van der Waals surface area contributed by atoms with Crippen molar-refractivity contribution in [2.45, 2.75) is 13.0 Å². The van der Waals surface area contributed by atoms with Crippen molar-refractivity contribution in [3.8, 4) is 0 Å². The van der Waals surface area contributed by atoms with Crippen molar-refractivity contribution in [1.29, 1.82) is 0 Å². The second-order valence-electron chi connectivity index (χ2n) is 3.22. The van der Waals surface area contributed by atoms with Crippen LogP contribution < -0.4 is 5.73 Å². The Morgan fingerprint density at radius 2 is 2.14 bits per heavy atom. The van der Waals surface area contributed by atoms with E-state index in [2.05, 4.69) is 4.98 Å². The molecule has 4 heteroatoms. The van der Waals surface area contributed by atoms with Crippen LogP contribution in [-0.2, 0) is 0 Å². The monoisotopic (exact) mass is 230 g/mol.